The van der Waals surface area contributed by atoms with Gasteiger partial charge in [0.05, 0.1) is 0 Å². The number of hydrogen-bond acceptors (Lipinski definition) is 3. The van der Waals surface area contributed by atoms with Gasteiger partial charge in [-0.05, 0) is 58.9 Å². The summed E-state index contributed by atoms with van der Waals surface area (Å²) in [6.07, 6.45) is 4.05. The first-order chi connectivity index (χ1) is 8.76. The van der Waals surface area contributed by atoms with Crippen molar-refractivity contribution in [2.75, 3.05) is 19.6 Å². The smallest absolute Gasteiger partial charge is 0.279 e. The van der Waals surface area contributed by atoms with Gasteiger partial charge in [0, 0.05) is 24.7 Å². The quantitative estimate of drug-likeness (QED) is 0.796. The van der Waals surface area contributed by atoms with E-state index >= 15 is 0 Å². The summed E-state index contributed by atoms with van der Waals surface area (Å²) in [5.41, 5.74) is 0.0907. The van der Waals surface area contributed by atoms with Gasteiger partial charge in [0.25, 0.3) is 10.2 Å². The van der Waals surface area contributed by atoms with Gasteiger partial charge < -0.3 is 5.32 Å². The molecular formula is C13H27N3O2S. The minimum atomic E-state index is -3.25. The highest BCUT2D eigenvalue weighted by Crippen LogP contribution is 2.23. The predicted molar refractivity (Wildman–Crippen MR) is 77.1 cm³/mol. The van der Waals surface area contributed by atoms with Crippen LogP contribution in [0.1, 0.15) is 46.5 Å². The number of hydrogen-bond donors (Lipinski definition) is 2. The summed E-state index contributed by atoms with van der Waals surface area (Å²) in [6, 6.07) is 0.193. The maximum absolute atomic E-state index is 12.2. The Bertz CT molecular complexity index is 399. The molecule has 1 unspecified atom stereocenters. The van der Waals surface area contributed by atoms with Crippen LogP contribution in [0.3, 0.4) is 0 Å². The van der Waals surface area contributed by atoms with Crippen LogP contribution < -0.4 is 10.0 Å². The topological polar surface area (TPSA) is 61.4 Å². The Morgan fingerprint density at radius 2 is 1.89 bits per heavy atom. The molecule has 1 aliphatic carbocycles. The van der Waals surface area contributed by atoms with Crippen molar-refractivity contribution in [3.05, 3.63) is 0 Å². The highest BCUT2D eigenvalue weighted by Gasteiger charge is 2.33. The van der Waals surface area contributed by atoms with E-state index in [9.17, 15) is 8.42 Å². The monoisotopic (exact) mass is 289 g/mol. The van der Waals surface area contributed by atoms with E-state index in [1.807, 2.05) is 0 Å². The van der Waals surface area contributed by atoms with Crippen molar-refractivity contribution in [3.8, 4) is 0 Å². The maximum Gasteiger partial charge on any atom is 0.279 e. The van der Waals surface area contributed by atoms with Gasteiger partial charge in [-0.3, -0.25) is 0 Å². The third-order valence-corrected chi connectivity index (χ3v) is 5.28. The lowest BCUT2D eigenvalue weighted by molar-refractivity contribution is 0.243. The molecule has 0 aromatic heterocycles. The molecule has 2 fully saturated rings. The average Bonchev–Trinajstić information content (AvgIpc) is 3.09. The summed E-state index contributed by atoms with van der Waals surface area (Å²) in [6.45, 7) is 8.61. The van der Waals surface area contributed by atoms with E-state index in [-0.39, 0.29) is 11.6 Å². The molecule has 0 amide bonds. The molecule has 1 atom stereocenters. The first kappa shape index (κ1) is 15.2. The molecule has 112 valence electrons. The molecule has 1 aliphatic heterocycles. The molecule has 0 aromatic rings. The van der Waals surface area contributed by atoms with E-state index in [0.717, 1.165) is 32.2 Å². The molecule has 1 heterocycles. The molecule has 6 heteroatoms. The Kier molecular flexibility index (Phi) is 4.55. The van der Waals surface area contributed by atoms with E-state index < -0.39 is 10.2 Å². The van der Waals surface area contributed by atoms with Gasteiger partial charge in [-0.25, -0.2) is 0 Å². The van der Waals surface area contributed by atoms with Crippen LogP contribution in [0.25, 0.3) is 0 Å². The van der Waals surface area contributed by atoms with Crippen LogP contribution in [-0.4, -0.2) is 43.9 Å². The number of nitrogens with one attached hydrogen (secondary N) is 2. The average molecular weight is 289 g/mol. The van der Waals surface area contributed by atoms with Crippen molar-refractivity contribution in [1.29, 1.82) is 0 Å². The van der Waals surface area contributed by atoms with Crippen LogP contribution in [0.15, 0.2) is 0 Å². The van der Waals surface area contributed by atoms with Crippen molar-refractivity contribution in [1.82, 2.24) is 14.3 Å². The SMILES string of the molecule is CC(C)(C)NCC1CCCN(S(=O)(=O)NC2CC2)C1. The van der Waals surface area contributed by atoms with Crippen LogP contribution in [0.2, 0.25) is 0 Å². The van der Waals surface area contributed by atoms with E-state index in [1.54, 1.807) is 4.31 Å². The van der Waals surface area contributed by atoms with E-state index in [4.69, 9.17) is 0 Å². The second-order valence-electron chi connectivity index (χ2n) is 6.89. The lowest BCUT2D eigenvalue weighted by atomic mass is 9.98. The van der Waals surface area contributed by atoms with Crippen LogP contribution >= 0.6 is 0 Å². The van der Waals surface area contributed by atoms with Gasteiger partial charge in [0.2, 0.25) is 0 Å². The minimum absolute atomic E-state index is 0.0907. The van der Waals surface area contributed by atoms with Crippen molar-refractivity contribution >= 4 is 10.2 Å². The van der Waals surface area contributed by atoms with Gasteiger partial charge in [-0.15, -0.1) is 0 Å². The lowest BCUT2D eigenvalue weighted by Crippen LogP contribution is -2.49. The van der Waals surface area contributed by atoms with Gasteiger partial charge in [0.1, 0.15) is 0 Å². The van der Waals surface area contributed by atoms with Crippen molar-refractivity contribution < 1.29 is 8.42 Å². The molecule has 0 radical (unpaired) electrons. The zero-order valence-electron chi connectivity index (χ0n) is 12.3. The fourth-order valence-corrected chi connectivity index (χ4v) is 3.93. The molecular weight excluding hydrogens is 262 g/mol. The highest BCUT2D eigenvalue weighted by atomic mass is 32.2. The molecule has 2 N–H and O–H groups in total. The van der Waals surface area contributed by atoms with Gasteiger partial charge in [0.15, 0.2) is 0 Å². The first-order valence-corrected chi connectivity index (χ1v) is 8.73. The van der Waals surface area contributed by atoms with Crippen LogP contribution in [-0.2, 0) is 10.2 Å². The molecule has 2 aliphatic rings. The van der Waals surface area contributed by atoms with E-state index in [0.29, 0.717) is 19.0 Å². The Balaban J connectivity index is 1.85. The molecule has 2 rings (SSSR count). The minimum Gasteiger partial charge on any atom is -0.312 e. The number of piperidine rings is 1. The van der Waals surface area contributed by atoms with Gasteiger partial charge in [-0.1, -0.05) is 0 Å². The van der Waals surface area contributed by atoms with Crippen LogP contribution in [0.5, 0.6) is 0 Å². The zero-order chi connectivity index (χ0) is 14.1. The normalized spacial score (nSPS) is 26.6. The predicted octanol–water partition coefficient (Wildman–Crippen LogP) is 1.08. The molecule has 0 spiro atoms. The summed E-state index contributed by atoms with van der Waals surface area (Å²) in [5.74, 6) is 0.420. The van der Waals surface area contributed by atoms with Crippen molar-refractivity contribution in [2.24, 2.45) is 5.92 Å². The zero-order valence-corrected chi connectivity index (χ0v) is 13.1. The third kappa shape index (κ3) is 5.02. The second kappa shape index (κ2) is 5.68. The van der Waals surface area contributed by atoms with Gasteiger partial charge >= 0.3 is 0 Å². The summed E-state index contributed by atoms with van der Waals surface area (Å²) in [5, 5.41) is 3.47. The second-order valence-corrected chi connectivity index (χ2v) is 8.60. The van der Waals surface area contributed by atoms with Crippen molar-refractivity contribution in [3.63, 3.8) is 0 Å². The Hall–Kier alpha value is -0.170. The summed E-state index contributed by atoms with van der Waals surface area (Å²) in [4.78, 5) is 0. The summed E-state index contributed by atoms with van der Waals surface area (Å²) >= 11 is 0. The third-order valence-electron chi connectivity index (χ3n) is 3.64. The Morgan fingerprint density at radius 3 is 2.47 bits per heavy atom. The standard InChI is InChI=1S/C13H27N3O2S/c1-13(2,3)14-9-11-5-4-8-16(10-11)19(17,18)15-12-6-7-12/h11-12,14-15H,4-10H2,1-3H3. The molecule has 1 saturated carbocycles. The van der Waals surface area contributed by atoms with E-state index in [2.05, 4.69) is 30.8 Å². The number of rotatable bonds is 5. The Morgan fingerprint density at radius 1 is 1.21 bits per heavy atom. The Labute approximate surface area is 117 Å². The fourth-order valence-electron chi connectivity index (χ4n) is 2.35. The van der Waals surface area contributed by atoms with Crippen molar-refractivity contribution in [2.45, 2.75) is 58.0 Å². The summed E-state index contributed by atoms with van der Waals surface area (Å²) < 4.78 is 28.8. The summed E-state index contributed by atoms with van der Waals surface area (Å²) in [7, 11) is -3.25. The fraction of sp³-hybridized carbons (Fsp3) is 1.00. The maximum atomic E-state index is 12.2. The van der Waals surface area contributed by atoms with E-state index in [1.165, 1.54) is 0 Å². The highest BCUT2D eigenvalue weighted by molar-refractivity contribution is 7.87. The molecule has 0 aromatic carbocycles. The molecule has 0 bridgehead atoms. The largest absolute Gasteiger partial charge is 0.312 e. The molecule has 5 nitrogen and oxygen atoms in total. The van der Waals surface area contributed by atoms with Crippen LogP contribution in [0.4, 0.5) is 0 Å². The van der Waals surface area contributed by atoms with Gasteiger partial charge in [-0.2, -0.15) is 17.4 Å². The molecule has 1 saturated heterocycles. The van der Waals surface area contributed by atoms with Crippen LogP contribution in [0, 0.1) is 5.92 Å². The number of nitrogens with zero attached hydrogens (tertiary/aromatic N) is 1. The lowest BCUT2D eigenvalue weighted by Gasteiger charge is -2.33. The molecule has 19 heavy (non-hydrogen) atoms. The first-order valence-electron chi connectivity index (χ1n) is 7.29.